The van der Waals surface area contributed by atoms with Crippen LogP contribution in [0.5, 0.6) is 0 Å². The zero-order chi connectivity index (χ0) is 19.6. The molecule has 6 nitrogen and oxygen atoms in total. The van der Waals surface area contributed by atoms with Crippen LogP contribution in [0.4, 0.5) is 5.69 Å². The van der Waals surface area contributed by atoms with Crippen molar-refractivity contribution in [2.24, 2.45) is 5.10 Å². The Hall–Kier alpha value is -3.22. The molecular weight excluding hydrogens is 362 g/mol. The van der Waals surface area contributed by atoms with Crippen molar-refractivity contribution >= 4 is 23.7 Å². The first-order valence-electron chi connectivity index (χ1n) is 8.46. The maximum absolute atomic E-state index is 8.75. The second-order valence-electron chi connectivity index (χ2n) is 5.75. The van der Waals surface area contributed by atoms with Crippen molar-refractivity contribution < 1.29 is 4.74 Å². The lowest BCUT2D eigenvalue weighted by atomic mass is 10.1. The molecule has 2 N–H and O–H groups in total. The number of benzene rings is 2. The summed E-state index contributed by atoms with van der Waals surface area (Å²) >= 11 is 6.01. The Kier molecular flexibility index (Phi) is 7.49. The highest BCUT2D eigenvalue weighted by Crippen LogP contribution is 2.26. The lowest BCUT2D eigenvalue weighted by molar-refractivity contribution is 0.199. The Morgan fingerprint density at radius 2 is 1.93 bits per heavy atom. The molecule has 0 spiro atoms. The number of ether oxygens (including phenoxy) is 1. The van der Waals surface area contributed by atoms with Crippen molar-refractivity contribution in [3.05, 3.63) is 63.7 Å². The summed E-state index contributed by atoms with van der Waals surface area (Å²) in [5, 5.41) is 24.9. The van der Waals surface area contributed by atoms with Crippen molar-refractivity contribution in [2.45, 2.75) is 26.5 Å². The van der Waals surface area contributed by atoms with Gasteiger partial charge in [-0.3, -0.25) is 5.43 Å². The van der Waals surface area contributed by atoms with E-state index in [2.05, 4.69) is 34.9 Å². The van der Waals surface area contributed by atoms with Gasteiger partial charge in [-0.05, 0) is 43.2 Å². The molecule has 3 rings (SSSR count). The van der Waals surface area contributed by atoms with Crippen LogP contribution in [0.2, 0.25) is 5.02 Å². The minimum atomic E-state index is -0.215. The molecule has 1 heterocycles. The molecule has 0 fully saturated rings. The van der Waals surface area contributed by atoms with Crippen molar-refractivity contribution in [1.29, 1.82) is 10.5 Å². The molecule has 0 saturated heterocycles. The van der Waals surface area contributed by atoms with Crippen molar-refractivity contribution in [3.8, 4) is 12.1 Å². The molecule has 0 aromatic heterocycles. The molecule has 1 unspecified atom stereocenters. The monoisotopic (exact) mass is 381 g/mol. The molecule has 0 amide bonds. The Balaban J connectivity index is 0.000000194. The van der Waals surface area contributed by atoms with Gasteiger partial charge in [0.05, 0.1) is 22.2 Å². The molecule has 2 aromatic rings. The van der Waals surface area contributed by atoms with E-state index >= 15 is 0 Å². The summed E-state index contributed by atoms with van der Waals surface area (Å²) in [4.78, 5) is 0. The van der Waals surface area contributed by atoms with E-state index in [-0.39, 0.29) is 6.23 Å². The van der Waals surface area contributed by atoms with Gasteiger partial charge in [-0.2, -0.15) is 10.5 Å². The van der Waals surface area contributed by atoms with Gasteiger partial charge >= 0.3 is 0 Å². The standard InChI is InChI=1S/C11H13ClN2.C9H7N3O/c1-3-6-14-10-5-4-9(7-13)11(12)8(10)2;10-5-7-1-3-8(4-2-7)9-12-11-6-13-9/h4-5,14H,3,6H2,1-2H3;1-4,6,9,12H. The fraction of sp³-hybridized carbons (Fsp3) is 0.250. The number of hydrazone groups is 1. The molecule has 138 valence electrons. The highest BCUT2D eigenvalue weighted by molar-refractivity contribution is 6.32. The Labute approximate surface area is 164 Å². The van der Waals surface area contributed by atoms with Crippen LogP contribution in [0.15, 0.2) is 41.5 Å². The van der Waals surface area contributed by atoms with Crippen LogP contribution in [-0.2, 0) is 4.74 Å². The van der Waals surface area contributed by atoms with Gasteiger partial charge in [0.15, 0.2) is 6.40 Å². The SMILES string of the molecule is CCCNc1ccc(C#N)c(Cl)c1C.N#Cc1ccc(C2NN=CO2)cc1. The Morgan fingerprint density at radius 1 is 1.19 bits per heavy atom. The summed E-state index contributed by atoms with van der Waals surface area (Å²) in [6.45, 7) is 4.94. The predicted octanol–water partition coefficient (Wildman–Crippen LogP) is 4.46. The zero-order valence-electron chi connectivity index (χ0n) is 15.2. The number of halogens is 1. The average Bonchev–Trinajstić information content (AvgIpc) is 3.25. The van der Waals surface area contributed by atoms with E-state index in [4.69, 9.17) is 26.9 Å². The minimum Gasteiger partial charge on any atom is -0.453 e. The topological polar surface area (TPSA) is 93.2 Å². The summed E-state index contributed by atoms with van der Waals surface area (Å²) in [6.07, 6.45) is 2.22. The van der Waals surface area contributed by atoms with Crippen LogP contribution in [0.1, 0.15) is 41.8 Å². The van der Waals surface area contributed by atoms with Crippen LogP contribution >= 0.6 is 11.6 Å². The number of anilines is 1. The molecule has 1 aliphatic rings. The van der Waals surface area contributed by atoms with Gasteiger partial charge in [-0.25, -0.2) is 0 Å². The lowest BCUT2D eigenvalue weighted by Crippen LogP contribution is -2.10. The third-order valence-corrected chi connectivity index (χ3v) is 4.34. The molecule has 0 saturated carbocycles. The molecule has 2 aromatic carbocycles. The fourth-order valence-electron chi connectivity index (χ4n) is 2.33. The first-order chi connectivity index (χ1) is 13.1. The van der Waals surface area contributed by atoms with Gasteiger partial charge in [-0.1, -0.05) is 30.7 Å². The maximum Gasteiger partial charge on any atom is 0.212 e. The van der Waals surface area contributed by atoms with Crippen LogP contribution in [0.25, 0.3) is 0 Å². The van der Waals surface area contributed by atoms with Crippen molar-refractivity contribution in [3.63, 3.8) is 0 Å². The van der Waals surface area contributed by atoms with Gasteiger partial charge < -0.3 is 10.1 Å². The number of nitriles is 2. The van der Waals surface area contributed by atoms with Crippen LogP contribution in [-0.4, -0.2) is 12.9 Å². The molecule has 0 bridgehead atoms. The minimum absolute atomic E-state index is 0.215. The molecule has 27 heavy (non-hydrogen) atoms. The van der Waals surface area contributed by atoms with Crippen LogP contribution < -0.4 is 10.7 Å². The Bertz CT molecular complexity index is 873. The Morgan fingerprint density at radius 3 is 2.48 bits per heavy atom. The second kappa shape index (κ2) is 10.1. The number of nitrogens with one attached hydrogen (secondary N) is 2. The van der Waals surface area contributed by atoms with E-state index in [0.717, 1.165) is 29.8 Å². The summed E-state index contributed by atoms with van der Waals surface area (Å²) < 4.78 is 5.13. The summed E-state index contributed by atoms with van der Waals surface area (Å²) in [6, 6.07) is 14.9. The van der Waals surface area contributed by atoms with Crippen LogP contribution in [0.3, 0.4) is 0 Å². The number of nitrogens with zero attached hydrogens (tertiary/aromatic N) is 3. The molecule has 0 aliphatic carbocycles. The van der Waals surface area contributed by atoms with E-state index in [1.165, 1.54) is 6.40 Å². The molecule has 1 atom stereocenters. The molecule has 1 aliphatic heterocycles. The van der Waals surface area contributed by atoms with Crippen LogP contribution in [0, 0.1) is 29.6 Å². The highest BCUT2D eigenvalue weighted by Gasteiger charge is 2.13. The van der Waals surface area contributed by atoms with Gasteiger partial charge in [0.2, 0.25) is 6.23 Å². The molecular formula is C20H20ClN5O. The number of rotatable bonds is 4. The normalized spacial score (nSPS) is 14.0. The van der Waals surface area contributed by atoms with Gasteiger partial charge in [0.25, 0.3) is 0 Å². The molecule has 7 heteroatoms. The third kappa shape index (κ3) is 5.37. The number of hydrogen-bond acceptors (Lipinski definition) is 6. The smallest absolute Gasteiger partial charge is 0.212 e. The van der Waals surface area contributed by atoms with E-state index < -0.39 is 0 Å². The van der Waals surface area contributed by atoms with E-state index in [9.17, 15) is 0 Å². The van der Waals surface area contributed by atoms with E-state index in [1.54, 1.807) is 18.2 Å². The molecule has 0 radical (unpaired) electrons. The second-order valence-corrected chi connectivity index (χ2v) is 6.13. The van der Waals surface area contributed by atoms with Crippen molar-refractivity contribution in [2.75, 3.05) is 11.9 Å². The first kappa shape index (κ1) is 20.1. The van der Waals surface area contributed by atoms with Gasteiger partial charge in [-0.15, -0.1) is 5.10 Å². The highest BCUT2D eigenvalue weighted by atomic mass is 35.5. The first-order valence-corrected chi connectivity index (χ1v) is 8.84. The zero-order valence-corrected chi connectivity index (χ0v) is 15.9. The lowest BCUT2D eigenvalue weighted by Gasteiger charge is -2.10. The van der Waals surface area contributed by atoms with Gasteiger partial charge in [0, 0.05) is 17.8 Å². The van der Waals surface area contributed by atoms with E-state index in [1.807, 2.05) is 25.1 Å². The average molecular weight is 382 g/mol. The van der Waals surface area contributed by atoms with Gasteiger partial charge in [0.1, 0.15) is 6.07 Å². The summed E-state index contributed by atoms with van der Waals surface area (Å²) in [5.41, 5.74) is 6.86. The third-order valence-electron chi connectivity index (χ3n) is 3.86. The summed E-state index contributed by atoms with van der Waals surface area (Å²) in [7, 11) is 0. The number of hydrogen-bond donors (Lipinski definition) is 2. The fourth-order valence-corrected chi connectivity index (χ4v) is 2.54. The largest absolute Gasteiger partial charge is 0.453 e. The predicted molar refractivity (Wildman–Crippen MR) is 106 cm³/mol. The maximum atomic E-state index is 8.75. The van der Waals surface area contributed by atoms with Crippen molar-refractivity contribution in [1.82, 2.24) is 5.43 Å². The summed E-state index contributed by atoms with van der Waals surface area (Å²) in [5.74, 6) is 0. The van der Waals surface area contributed by atoms with E-state index in [0.29, 0.717) is 16.1 Å². The quantitative estimate of drug-likeness (QED) is 0.815.